The number of nitrogens with zero attached hydrogens (tertiary/aromatic N) is 2. The number of rotatable bonds is 8. The normalized spacial score (nSPS) is 10.5. The molecule has 0 saturated carbocycles. The van der Waals surface area contributed by atoms with Crippen LogP contribution in [0.5, 0.6) is 0 Å². The average Bonchev–Trinajstić information content (AvgIpc) is 2.79. The van der Waals surface area contributed by atoms with Crippen LogP contribution < -0.4 is 21.3 Å². The molecule has 0 aliphatic heterocycles. The number of anilines is 2. The molecular formula is C12H23N5OS. The molecule has 4 N–H and O–H groups in total. The molecule has 0 fully saturated rings. The Morgan fingerprint density at radius 3 is 2.79 bits per heavy atom. The SMILES string of the molecule is CCNCCCNC(=O)c1sc(N(C)CC)nc1N. The molecule has 0 bridgehead atoms. The van der Waals surface area contributed by atoms with Crippen LogP contribution in [0.3, 0.4) is 0 Å². The largest absolute Gasteiger partial charge is 0.382 e. The Hall–Kier alpha value is -1.34. The van der Waals surface area contributed by atoms with Gasteiger partial charge in [0.2, 0.25) is 0 Å². The van der Waals surface area contributed by atoms with Crippen molar-refractivity contribution in [2.24, 2.45) is 0 Å². The number of hydrogen-bond donors (Lipinski definition) is 3. The zero-order valence-corrected chi connectivity index (χ0v) is 12.6. The summed E-state index contributed by atoms with van der Waals surface area (Å²) in [5.74, 6) is 0.173. The fraction of sp³-hybridized carbons (Fsp3) is 0.667. The highest BCUT2D eigenvalue weighted by Crippen LogP contribution is 2.27. The van der Waals surface area contributed by atoms with Gasteiger partial charge in [0.1, 0.15) is 10.7 Å². The second kappa shape index (κ2) is 7.96. The van der Waals surface area contributed by atoms with Crippen LogP contribution in [0, 0.1) is 0 Å². The lowest BCUT2D eigenvalue weighted by Gasteiger charge is -2.10. The second-order valence-electron chi connectivity index (χ2n) is 4.19. The van der Waals surface area contributed by atoms with Gasteiger partial charge in [-0.1, -0.05) is 18.3 Å². The topological polar surface area (TPSA) is 83.3 Å². The first-order chi connectivity index (χ1) is 9.10. The number of nitrogens with one attached hydrogen (secondary N) is 2. The smallest absolute Gasteiger partial charge is 0.265 e. The molecule has 0 aromatic carbocycles. The first kappa shape index (κ1) is 15.7. The van der Waals surface area contributed by atoms with Crippen molar-refractivity contribution in [1.82, 2.24) is 15.6 Å². The van der Waals surface area contributed by atoms with Crippen LogP contribution in [-0.4, -0.2) is 44.1 Å². The van der Waals surface area contributed by atoms with Crippen molar-refractivity contribution in [1.29, 1.82) is 0 Å². The van der Waals surface area contributed by atoms with E-state index in [9.17, 15) is 4.79 Å². The van der Waals surface area contributed by atoms with Crippen molar-refractivity contribution in [3.8, 4) is 0 Å². The summed E-state index contributed by atoms with van der Waals surface area (Å²) in [5, 5.41) is 6.85. The quantitative estimate of drug-likeness (QED) is 0.618. The van der Waals surface area contributed by atoms with E-state index in [1.807, 2.05) is 18.9 Å². The van der Waals surface area contributed by atoms with E-state index in [0.29, 0.717) is 17.2 Å². The van der Waals surface area contributed by atoms with Crippen LogP contribution >= 0.6 is 11.3 Å². The summed E-state index contributed by atoms with van der Waals surface area (Å²) in [6.45, 7) is 7.40. The molecule has 1 aromatic heterocycles. The minimum atomic E-state index is -0.137. The predicted molar refractivity (Wildman–Crippen MR) is 81.0 cm³/mol. The Bertz CT molecular complexity index is 407. The van der Waals surface area contributed by atoms with E-state index in [4.69, 9.17) is 5.73 Å². The molecule has 0 radical (unpaired) electrons. The molecule has 0 atom stereocenters. The molecule has 1 amide bonds. The minimum absolute atomic E-state index is 0.137. The lowest BCUT2D eigenvalue weighted by Crippen LogP contribution is -2.27. The van der Waals surface area contributed by atoms with Gasteiger partial charge < -0.3 is 21.3 Å². The summed E-state index contributed by atoms with van der Waals surface area (Å²) >= 11 is 1.33. The molecule has 0 unspecified atom stereocenters. The van der Waals surface area contributed by atoms with E-state index in [-0.39, 0.29) is 5.91 Å². The van der Waals surface area contributed by atoms with Gasteiger partial charge in [0.05, 0.1) is 0 Å². The third-order valence-electron chi connectivity index (χ3n) is 2.72. The number of aromatic nitrogens is 1. The van der Waals surface area contributed by atoms with Crippen LogP contribution in [-0.2, 0) is 0 Å². The first-order valence-corrected chi connectivity index (χ1v) is 7.38. The second-order valence-corrected chi connectivity index (χ2v) is 5.17. The molecule has 6 nitrogen and oxygen atoms in total. The van der Waals surface area contributed by atoms with E-state index in [1.165, 1.54) is 11.3 Å². The van der Waals surface area contributed by atoms with Gasteiger partial charge in [-0.15, -0.1) is 0 Å². The molecule has 1 aromatic rings. The molecule has 108 valence electrons. The van der Waals surface area contributed by atoms with Crippen molar-refractivity contribution in [3.05, 3.63) is 4.88 Å². The number of amides is 1. The van der Waals surface area contributed by atoms with E-state index >= 15 is 0 Å². The number of hydrogen-bond acceptors (Lipinski definition) is 6. The Morgan fingerprint density at radius 1 is 1.42 bits per heavy atom. The highest BCUT2D eigenvalue weighted by Gasteiger charge is 2.17. The zero-order chi connectivity index (χ0) is 14.3. The number of nitrogens with two attached hydrogens (primary N) is 1. The average molecular weight is 285 g/mol. The van der Waals surface area contributed by atoms with Crippen molar-refractivity contribution in [2.45, 2.75) is 20.3 Å². The molecular weight excluding hydrogens is 262 g/mol. The zero-order valence-electron chi connectivity index (χ0n) is 11.8. The third kappa shape index (κ3) is 4.68. The monoisotopic (exact) mass is 285 g/mol. The van der Waals surface area contributed by atoms with Gasteiger partial charge in [-0.2, -0.15) is 0 Å². The van der Waals surface area contributed by atoms with E-state index in [0.717, 1.165) is 31.2 Å². The van der Waals surface area contributed by atoms with Crippen molar-refractivity contribution < 1.29 is 4.79 Å². The number of carbonyl (C=O) groups excluding carboxylic acids is 1. The van der Waals surface area contributed by atoms with Gasteiger partial charge in [0.25, 0.3) is 5.91 Å². The van der Waals surface area contributed by atoms with Crippen LogP contribution in [0.4, 0.5) is 10.9 Å². The highest BCUT2D eigenvalue weighted by molar-refractivity contribution is 7.18. The van der Waals surface area contributed by atoms with Crippen LogP contribution in [0.2, 0.25) is 0 Å². The fourth-order valence-corrected chi connectivity index (χ4v) is 2.38. The first-order valence-electron chi connectivity index (χ1n) is 6.56. The standard InChI is InChI=1S/C12H23N5OS/c1-4-14-7-6-8-15-11(18)9-10(13)16-12(19-9)17(3)5-2/h14H,4-8,13H2,1-3H3,(H,15,18). The molecule has 0 spiro atoms. The van der Waals surface area contributed by atoms with Crippen molar-refractivity contribution >= 4 is 28.2 Å². The molecule has 19 heavy (non-hydrogen) atoms. The Balaban J connectivity index is 2.50. The van der Waals surface area contributed by atoms with Crippen LogP contribution in [0.15, 0.2) is 0 Å². The summed E-state index contributed by atoms with van der Waals surface area (Å²) in [5.41, 5.74) is 5.79. The van der Waals surface area contributed by atoms with Gasteiger partial charge in [-0.25, -0.2) is 4.98 Å². The minimum Gasteiger partial charge on any atom is -0.382 e. The maximum Gasteiger partial charge on any atom is 0.265 e. The van der Waals surface area contributed by atoms with Crippen LogP contribution in [0.25, 0.3) is 0 Å². The molecule has 0 aliphatic carbocycles. The lowest BCUT2D eigenvalue weighted by atomic mass is 10.4. The summed E-state index contributed by atoms with van der Waals surface area (Å²) in [7, 11) is 1.93. The number of nitrogen functional groups attached to an aromatic ring is 1. The summed E-state index contributed by atoms with van der Waals surface area (Å²) in [4.78, 5) is 18.6. The van der Waals surface area contributed by atoms with Gasteiger partial charge >= 0.3 is 0 Å². The predicted octanol–water partition coefficient (Wildman–Crippen LogP) is 0.911. The van der Waals surface area contributed by atoms with Gasteiger partial charge in [-0.05, 0) is 26.4 Å². The van der Waals surface area contributed by atoms with Crippen molar-refractivity contribution in [3.63, 3.8) is 0 Å². The van der Waals surface area contributed by atoms with E-state index in [1.54, 1.807) is 0 Å². The maximum atomic E-state index is 12.0. The molecule has 1 rings (SSSR count). The van der Waals surface area contributed by atoms with Gasteiger partial charge in [0, 0.05) is 20.1 Å². The maximum absolute atomic E-state index is 12.0. The highest BCUT2D eigenvalue weighted by atomic mass is 32.1. The molecule has 1 heterocycles. The lowest BCUT2D eigenvalue weighted by molar-refractivity contribution is 0.0958. The third-order valence-corrected chi connectivity index (χ3v) is 3.90. The summed E-state index contributed by atoms with van der Waals surface area (Å²) < 4.78 is 0. The molecule has 0 aliphatic rings. The molecule has 0 saturated heterocycles. The van der Waals surface area contributed by atoms with Gasteiger partial charge in [-0.3, -0.25) is 4.79 Å². The fourth-order valence-electron chi connectivity index (χ4n) is 1.45. The number of carbonyl (C=O) groups is 1. The number of thiazole rings is 1. The molecule has 7 heteroatoms. The summed E-state index contributed by atoms with van der Waals surface area (Å²) in [6.07, 6.45) is 0.903. The van der Waals surface area contributed by atoms with Crippen LogP contribution in [0.1, 0.15) is 29.9 Å². The Kier molecular flexibility index (Phi) is 6.58. The van der Waals surface area contributed by atoms with E-state index in [2.05, 4.69) is 22.5 Å². The Morgan fingerprint density at radius 2 is 2.16 bits per heavy atom. The van der Waals surface area contributed by atoms with Gasteiger partial charge in [0.15, 0.2) is 5.13 Å². The van der Waals surface area contributed by atoms with Crippen molar-refractivity contribution in [2.75, 3.05) is 43.9 Å². The summed E-state index contributed by atoms with van der Waals surface area (Å²) in [6, 6.07) is 0. The van der Waals surface area contributed by atoms with E-state index < -0.39 is 0 Å². The Labute approximate surface area is 118 Å².